The Morgan fingerprint density at radius 3 is 2.84 bits per heavy atom. The van der Waals surface area contributed by atoms with Crippen molar-refractivity contribution in [1.82, 2.24) is 4.98 Å². The molecule has 1 amide bonds. The Hall–Kier alpha value is -2.31. The van der Waals surface area contributed by atoms with E-state index in [2.05, 4.69) is 15.6 Å². The van der Waals surface area contributed by atoms with Gasteiger partial charge in [0.1, 0.15) is 5.82 Å². The van der Waals surface area contributed by atoms with E-state index in [1.165, 1.54) is 0 Å². The molecule has 6 nitrogen and oxygen atoms in total. The predicted octanol–water partition coefficient (Wildman–Crippen LogP) is 3.58. The van der Waals surface area contributed by atoms with Crippen LogP contribution in [0.15, 0.2) is 30.5 Å². The van der Waals surface area contributed by atoms with E-state index >= 15 is 0 Å². The summed E-state index contributed by atoms with van der Waals surface area (Å²) in [6.07, 6.45) is 3.39. The number of aryl methyl sites for hydroxylation is 1. The summed E-state index contributed by atoms with van der Waals surface area (Å²) in [5, 5.41) is 7.07. The van der Waals surface area contributed by atoms with Gasteiger partial charge in [-0.3, -0.25) is 4.79 Å². The van der Waals surface area contributed by atoms with Gasteiger partial charge in [0, 0.05) is 30.4 Å². The van der Waals surface area contributed by atoms with E-state index in [1.807, 2.05) is 38.2 Å². The topological polar surface area (TPSA) is 66.5 Å². The third-order valence-electron chi connectivity index (χ3n) is 4.29. The first-order valence-corrected chi connectivity index (χ1v) is 8.52. The molecule has 1 aliphatic rings. The first kappa shape index (κ1) is 17.5. The van der Waals surface area contributed by atoms with Gasteiger partial charge >= 0.3 is 0 Å². The molecule has 0 bridgehead atoms. The molecule has 1 aromatic carbocycles. The van der Waals surface area contributed by atoms with E-state index in [-0.39, 0.29) is 6.04 Å². The van der Waals surface area contributed by atoms with E-state index in [0.717, 1.165) is 35.5 Å². The van der Waals surface area contributed by atoms with Crippen LogP contribution in [0.25, 0.3) is 0 Å². The van der Waals surface area contributed by atoms with Crippen LogP contribution in [0.1, 0.15) is 12.0 Å². The molecule has 25 heavy (non-hydrogen) atoms. The summed E-state index contributed by atoms with van der Waals surface area (Å²) in [6, 6.07) is 7.53. The molecule has 3 rings (SSSR count). The number of amides is 1. The first-order valence-electron chi connectivity index (χ1n) is 8.14. The van der Waals surface area contributed by atoms with Crippen LogP contribution in [0, 0.1) is 6.92 Å². The lowest BCUT2D eigenvalue weighted by atomic mass is 10.2. The van der Waals surface area contributed by atoms with E-state index in [0.29, 0.717) is 24.1 Å². The van der Waals surface area contributed by atoms with Crippen LogP contribution in [-0.4, -0.2) is 37.7 Å². The van der Waals surface area contributed by atoms with Crippen molar-refractivity contribution in [3.05, 3.63) is 41.0 Å². The molecule has 1 aliphatic heterocycles. The number of carbonyl (C=O) groups excluding carboxylic acids is 1. The van der Waals surface area contributed by atoms with Crippen LogP contribution in [0.2, 0.25) is 5.02 Å². The molecule has 132 valence electrons. The molecule has 2 heterocycles. The quantitative estimate of drug-likeness (QED) is 0.771. The Bertz CT molecular complexity index is 763. The molecule has 0 aliphatic carbocycles. The van der Waals surface area contributed by atoms with Crippen LogP contribution in [0.5, 0.6) is 0 Å². The Labute approximate surface area is 152 Å². The predicted molar refractivity (Wildman–Crippen MR) is 101 cm³/mol. The fraction of sp³-hybridized carbons (Fsp3) is 0.333. The number of nitrogens with zero attached hydrogens (tertiary/aromatic N) is 2. The lowest BCUT2D eigenvalue weighted by Gasteiger charge is -2.26. The normalized spacial score (nSPS) is 16.5. The van der Waals surface area contributed by atoms with Crippen LogP contribution < -0.4 is 15.5 Å². The summed E-state index contributed by atoms with van der Waals surface area (Å²) >= 11 is 6.01. The van der Waals surface area contributed by atoms with Crippen molar-refractivity contribution >= 4 is 40.9 Å². The number of ether oxygens (including phenoxy) is 1. The second-order valence-corrected chi connectivity index (χ2v) is 6.39. The maximum atomic E-state index is 11.7. The van der Waals surface area contributed by atoms with Gasteiger partial charge in [0.2, 0.25) is 6.41 Å². The van der Waals surface area contributed by atoms with Crippen molar-refractivity contribution in [3.8, 4) is 0 Å². The molecule has 0 radical (unpaired) electrons. The highest BCUT2D eigenvalue weighted by molar-refractivity contribution is 6.30. The van der Waals surface area contributed by atoms with Crippen molar-refractivity contribution < 1.29 is 9.53 Å². The zero-order chi connectivity index (χ0) is 17.8. The van der Waals surface area contributed by atoms with Crippen LogP contribution >= 0.6 is 11.6 Å². The highest BCUT2D eigenvalue weighted by atomic mass is 35.5. The lowest BCUT2D eigenvalue weighted by Crippen LogP contribution is -2.35. The van der Waals surface area contributed by atoms with Crippen molar-refractivity contribution in [3.63, 3.8) is 0 Å². The molecule has 1 atom stereocenters. The number of rotatable bonds is 6. The van der Waals surface area contributed by atoms with Gasteiger partial charge in [-0.1, -0.05) is 11.6 Å². The number of aromatic nitrogens is 1. The number of nitrogens with one attached hydrogen (secondary N) is 2. The minimum atomic E-state index is 0.0390. The molecule has 2 N–H and O–H groups in total. The van der Waals surface area contributed by atoms with Gasteiger partial charge in [-0.25, -0.2) is 4.98 Å². The smallest absolute Gasteiger partial charge is 0.214 e. The summed E-state index contributed by atoms with van der Waals surface area (Å²) in [5.74, 6) is 0.658. The number of pyridine rings is 1. The van der Waals surface area contributed by atoms with Gasteiger partial charge in [-0.15, -0.1) is 0 Å². The summed E-state index contributed by atoms with van der Waals surface area (Å²) in [6.45, 7) is 3.19. The zero-order valence-corrected chi connectivity index (χ0v) is 15.0. The molecule has 1 unspecified atom stereocenters. The van der Waals surface area contributed by atoms with Crippen molar-refractivity contribution in [2.75, 3.05) is 35.8 Å². The second-order valence-electron chi connectivity index (χ2n) is 5.95. The monoisotopic (exact) mass is 360 g/mol. The standard InChI is InChI=1S/C18H21ClN4O2/c1-12-7-13(19)3-4-15(12)22-18-8-17(16(20-2)9-21-18)23(11-24)14-5-6-25-10-14/h3-4,7-9,11,14,20H,5-6,10H2,1-2H3,(H,21,22). The zero-order valence-electron chi connectivity index (χ0n) is 14.3. The third-order valence-corrected chi connectivity index (χ3v) is 4.53. The van der Waals surface area contributed by atoms with Crippen molar-refractivity contribution in [2.45, 2.75) is 19.4 Å². The van der Waals surface area contributed by atoms with Crippen LogP contribution in [0.3, 0.4) is 0 Å². The van der Waals surface area contributed by atoms with Gasteiger partial charge in [0.05, 0.1) is 30.2 Å². The van der Waals surface area contributed by atoms with Crippen molar-refractivity contribution in [1.29, 1.82) is 0 Å². The van der Waals surface area contributed by atoms with Crippen LogP contribution in [0.4, 0.5) is 22.9 Å². The first-order chi connectivity index (χ1) is 12.1. The van der Waals surface area contributed by atoms with Gasteiger partial charge in [0.15, 0.2) is 0 Å². The Kier molecular flexibility index (Phi) is 5.40. The highest BCUT2D eigenvalue weighted by Gasteiger charge is 2.25. The SMILES string of the molecule is CNc1cnc(Nc2ccc(Cl)cc2C)cc1N(C=O)C1CCOC1. The van der Waals surface area contributed by atoms with E-state index < -0.39 is 0 Å². The van der Waals surface area contributed by atoms with Gasteiger partial charge in [-0.2, -0.15) is 0 Å². The Balaban J connectivity index is 1.92. The molecule has 1 saturated heterocycles. The summed E-state index contributed by atoms with van der Waals surface area (Å²) in [7, 11) is 1.81. The second kappa shape index (κ2) is 7.72. The van der Waals surface area contributed by atoms with E-state index in [4.69, 9.17) is 16.3 Å². The minimum Gasteiger partial charge on any atom is -0.385 e. The van der Waals surface area contributed by atoms with Gasteiger partial charge < -0.3 is 20.3 Å². The van der Waals surface area contributed by atoms with E-state index in [9.17, 15) is 4.79 Å². The average molecular weight is 361 g/mol. The number of hydrogen-bond acceptors (Lipinski definition) is 5. The number of halogens is 1. The van der Waals surface area contributed by atoms with Gasteiger partial charge in [-0.05, 0) is 37.1 Å². The summed E-state index contributed by atoms with van der Waals surface area (Å²) < 4.78 is 5.42. The highest BCUT2D eigenvalue weighted by Crippen LogP contribution is 2.31. The molecule has 0 spiro atoms. The van der Waals surface area contributed by atoms with E-state index in [1.54, 1.807) is 11.1 Å². The molecule has 7 heteroatoms. The molecule has 0 saturated carbocycles. The fourth-order valence-corrected chi connectivity index (χ4v) is 3.13. The number of carbonyl (C=O) groups is 1. The molecular weight excluding hydrogens is 340 g/mol. The number of hydrogen-bond donors (Lipinski definition) is 2. The fourth-order valence-electron chi connectivity index (χ4n) is 2.91. The summed E-state index contributed by atoms with van der Waals surface area (Å²) in [4.78, 5) is 17.8. The molecule has 1 fully saturated rings. The molecular formula is C18H21ClN4O2. The number of benzene rings is 1. The Morgan fingerprint density at radius 1 is 1.36 bits per heavy atom. The van der Waals surface area contributed by atoms with Crippen LogP contribution in [-0.2, 0) is 9.53 Å². The maximum absolute atomic E-state index is 11.7. The molecule has 1 aromatic heterocycles. The largest absolute Gasteiger partial charge is 0.385 e. The lowest BCUT2D eigenvalue weighted by molar-refractivity contribution is -0.107. The molecule has 2 aromatic rings. The third kappa shape index (κ3) is 3.86. The maximum Gasteiger partial charge on any atom is 0.214 e. The van der Waals surface area contributed by atoms with Crippen molar-refractivity contribution in [2.24, 2.45) is 0 Å². The van der Waals surface area contributed by atoms with Gasteiger partial charge in [0.25, 0.3) is 0 Å². The Morgan fingerprint density at radius 2 is 2.20 bits per heavy atom. The average Bonchev–Trinajstić information content (AvgIpc) is 3.13. The minimum absolute atomic E-state index is 0.0390. The number of anilines is 4. The summed E-state index contributed by atoms with van der Waals surface area (Å²) in [5.41, 5.74) is 3.50.